The van der Waals surface area contributed by atoms with Gasteiger partial charge in [-0.2, -0.15) is 0 Å². The maximum Gasteiger partial charge on any atom is 0.410 e. The quantitative estimate of drug-likeness (QED) is 0.766. The molecule has 1 atom stereocenters. The Morgan fingerprint density at radius 1 is 1.47 bits per heavy atom. The van der Waals surface area contributed by atoms with E-state index in [1.54, 1.807) is 11.8 Å². The van der Waals surface area contributed by atoms with Gasteiger partial charge in [0.15, 0.2) is 9.84 Å². The van der Waals surface area contributed by atoms with Crippen molar-refractivity contribution in [3.63, 3.8) is 0 Å². The second-order valence-corrected chi connectivity index (χ2v) is 7.03. The van der Waals surface area contributed by atoms with Gasteiger partial charge in [0, 0.05) is 12.6 Å². The zero-order chi connectivity index (χ0) is 13.1. The van der Waals surface area contributed by atoms with E-state index in [0.29, 0.717) is 25.5 Å². The van der Waals surface area contributed by atoms with Crippen LogP contribution < -0.4 is 0 Å². The second-order valence-electron chi connectivity index (χ2n) is 4.80. The molecule has 0 bridgehead atoms. The third-order valence-corrected chi connectivity index (χ3v) is 4.46. The molecule has 0 unspecified atom stereocenters. The van der Waals surface area contributed by atoms with Gasteiger partial charge in [0.1, 0.15) is 0 Å². The first kappa shape index (κ1) is 14.3. The van der Waals surface area contributed by atoms with E-state index in [2.05, 4.69) is 0 Å². The number of carbonyl (C=O) groups is 1. The number of nitrogens with zero attached hydrogens (tertiary/aromatic N) is 1. The van der Waals surface area contributed by atoms with Crippen LogP contribution in [0.25, 0.3) is 0 Å². The highest BCUT2D eigenvalue weighted by atomic mass is 32.2. The summed E-state index contributed by atoms with van der Waals surface area (Å²) in [6, 6.07) is -0.221. The molecule has 0 aromatic carbocycles. The van der Waals surface area contributed by atoms with E-state index < -0.39 is 15.9 Å². The molecule has 0 radical (unpaired) electrons. The van der Waals surface area contributed by atoms with Crippen LogP contribution in [0, 0.1) is 5.92 Å². The van der Waals surface area contributed by atoms with Crippen LogP contribution in [0.5, 0.6) is 0 Å². The van der Waals surface area contributed by atoms with Crippen LogP contribution in [0.15, 0.2) is 0 Å². The van der Waals surface area contributed by atoms with E-state index in [1.807, 2.05) is 13.8 Å². The molecule has 0 aliphatic carbocycles. The molecule has 1 rings (SSSR count). The number of amides is 1. The highest BCUT2D eigenvalue weighted by Gasteiger charge is 2.35. The van der Waals surface area contributed by atoms with Crippen molar-refractivity contribution in [2.75, 3.05) is 24.7 Å². The van der Waals surface area contributed by atoms with Crippen molar-refractivity contribution in [1.82, 2.24) is 4.90 Å². The number of hydrogen-bond donors (Lipinski definition) is 0. The fraction of sp³-hybridized carbons (Fsp3) is 0.909. The predicted octanol–water partition coefficient (Wildman–Crippen LogP) is 1.29. The van der Waals surface area contributed by atoms with Crippen LogP contribution >= 0.6 is 0 Å². The van der Waals surface area contributed by atoms with Crippen molar-refractivity contribution in [3.05, 3.63) is 0 Å². The van der Waals surface area contributed by atoms with Crippen molar-refractivity contribution >= 4 is 15.9 Å². The molecule has 100 valence electrons. The van der Waals surface area contributed by atoms with Crippen LogP contribution in [0.1, 0.15) is 27.2 Å². The summed E-state index contributed by atoms with van der Waals surface area (Å²) in [5, 5.41) is 0. The summed E-state index contributed by atoms with van der Waals surface area (Å²) in [6.07, 6.45) is 0.122. The largest absolute Gasteiger partial charge is 0.450 e. The lowest BCUT2D eigenvalue weighted by Gasteiger charge is -2.28. The predicted molar refractivity (Wildman–Crippen MR) is 65.6 cm³/mol. The Bertz CT molecular complexity index is 364. The summed E-state index contributed by atoms with van der Waals surface area (Å²) in [6.45, 7) is 6.59. The molecule has 0 N–H and O–H groups in total. The van der Waals surface area contributed by atoms with Gasteiger partial charge in [0.05, 0.1) is 18.1 Å². The molecular weight excluding hydrogens is 242 g/mol. The normalized spacial score (nSPS) is 22.7. The average Bonchev–Trinajstić information content (AvgIpc) is 2.55. The molecule has 5 nitrogen and oxygen atoms in total. The smallest absolute Gasteiger partial charge is 0.410 e. The van der Waals surface area contributed by atoms with E-state index in [-0.39, 0.29) is 17.5 Å². The average molecular weight is 263 g/mol. The van der Waals surface area contributed by atoms with Gasteiger partial charge in [-0.1, -0.05) is 13.8 Å². The van der Waals surface area contributed by atoms with E-state index in [4.69, 9.17) is 4.74 Å². The summed E-state index contributed by atoms with van der Waals surface area (Å²) in [4.78, 5) is 13.4. The molecule has 0 aromatic heterocycles. The first-order valence-corrected chi connectivity index (χ1v) is 7.81. The van der Waals surface area contributed by atoms with Gasteiger partial charge >= 0.3 is 6.09 Å². The maximum absolute atomic E-state index is 11.8. The Morgan fingerprint density at radius 2 is 2.12 bits per heavy atom. The number of ether oxygens (including phenoxy) is 1. The zero-order valence-corrected chi connectivity index (χ0v) is 11.5. The molecule has 17 heavy (non-hydrogen) atoms. The van der Waals surface area contributed by atoms with Crippen molar-refractivity contribution < 1.29 is 17.9 Å². The molecule has 1 amide bonds. The van der Waals surface area contributed by atoms with E-state index in [0.717, 1.165) is 0 Å². The van der Waals surface area contributed by atoms with E-state index in [1.165, 1.54) is 0 Å². The van der Waals surface area contributed by atoms with Gasteiger partial charge in [-0.15, -0.1) is 0 Å². The number of rotatable bonds is 4. The SMILES string of the molecule is CCOC(=O)N(CC(C)C)[C@@H]1CCS(=O)(=O)C1. The molecular formula is C11H21NO4S. The van der Waals surface area contributed by atoms with Gasteiger partial charge < -0.3 is 9.64 Å². The van der Waals surface area contributed by atoms with Gasteiger partial charge in [-0.05, 0) is 19.3 Å². The van der Waals surface area contributed by atoms with Gasteiger partial charge in [-0.3, -0.25) is 0 Å². The van der Waals surface area contributed by atoms with Gasteiger partial charge in [0.25, 0.3) is 0 Å². The van der Waals surface area contributed by atoms with Gasteiger partial charge in [0.2, 0.25) is 0 Å². The molecule has 1 aliphatic rings. The van der Waals surface area contributed by atoms with Crippen LogP contribution in [0.2, 0.25) is 0 Å². The third kappa shape index (κ3) is 4.18. The van der Waals surface area contributed by atoms with E-state index >= 15 is 0 Å². The second kappa shape index (κ2) is 5.71. The maximum atomic E-state index is 11.8. The third-order valence-electron chi connectivity index (χ3n) is 2.71. The topological polar surface area (TPSA) is 63.7 Å². The monoisotopic (exact) mass is 263 g/mol. The molecule has 1 fully saturated rings. The lowest BCUT2D eigenvalue weighted by Crippen LogP contribution is -2.43. The Labute approximate surface area is 103 Å². The minimum atomic E-state index is -2.97. The van der Waals surface area contributed by atoms with Crippen molar-refractivity contribution in [2.24, 2.45) is 5.92 Å². The minimum Gasteiger partial charge on any atom is -0.450 e. The molecule has 6 heteroatoms. The standard InChI is InChI=1S/C11H21NO4S/c1-4-16-11(13)12(7-9(2)3)10-5-6-17(14,15)8-10/h9-10H,4-8H2,1-3H3/t10-/m1/s1. The number of carbonyl (C=O) groups excluding carboxylic acids is 1. The summed E-state index contributed by atoms with van der Waals surface area (Å²) in [5.41, 5.74) is 0. The molecule has 0 spiro atoms. The highest BCUT2D eigenvalue weighted by Crippen LogP contribution is 2.19. The number of hydrogen-bond acceptors (Lipinski definition) is 4. The number of sulfone groups is 1. The molecule has 1 aliphatic heterocycles. The summed E-state index contributed by atoms with van der Waals surface area (Å²) >= 11 is 0. The summed E-state index contributed by atoms with van der Waals surface area (Å²) < 4.78 is 27.8. The molecule has 1 saturated heterocycles. The van der Waals surface area contributed by atoms with Crippen LogP contribution in [-0.4, -0.2) is 50.1 Å². The highest BCUT2D eigenvalue weighted by molar-refractivity contribution is 7.91. The van der Waals surface area contributed by atoms with Crippen molar-refractivity contribution in [3.8, 4) is 0 Å². The van der Waals surface area contributed by atoms with Crippen molar-refractivity contribution in [2.45, 2.75) is 33.2 Å². The van der Waals surface area contributed by atoms with Crippen LogP contribution in [0.3, 0.4) is 0 Å². The molecule has 0 aromatic rings. The zero-order valence-electron chi connectivity index (χ0n) is 10.7. The summed E-state index contributed by atoms with van der Waals surface area (Å²) in [5.74, 6) is 0.534. The molecule has 1 heterocycles. The lowest BCUT2D eigenvalue weighted by atomic mass is 10.1. The fourth-order valence-corrected chi connectivity index (χ4v) is 3.72. The Balaban J connectivity index is 2.73. The Hall–Kier alpha value is -0.780. The van der Waals surface area contributed by atoms with Crippen LogP contribution in [0.4, 0.5) is 4.79 Å². The first-order valence-electron chi connectivity index (χ1n) is 5.99. The van der Waals surface area contributed by atoms with E-state index in [9.17, 15) is 13.2 Å². The first-order chi connectivity index (χ1) is 7.85. The molecule has 0 saturated carbocycles. The minimum absolute atomic E-state index is 0.0680. The van der Waals surface area contributed by atoms with Crippen LogP contribution in [-0.2, 0) is 14.6 Å². The van der Waals surface area contributed by atoms with Crippen molar-refractivity contribution in [1.29, 1.82) is 0 Å². The fourth-order valence-electron chi connectivity index (χ4n) is 1.99. The Kier molecular flexibility index (Phi) is 4.80. The lowest BCUT2D eigenvalue weighted by molar-refractivity contribution is 0.0888. The Morgan fingerprint density at radius 3 is 2.53 bits per heavy atom. The summed E-state index contributed by atoms with van der Waals surface area (Å²) in [7, 11) is -2.97. The van der Waals surface area contributed by atoms with Gasteiger partial charge in [-0.25, -0.2) is 13.2 Å².